The molecule has 1 fully saturated rings. The molecule has 1 N–H and O–H groups in total. The van der Waals surface area contributed by atoms with E-state index >= 15 is 0 Å². The molecule has 22 heavy (non-hydrogen) atoms. The van der Waals surface area contributed by atoms with Gasteiger partial charge >= 0.3 is 0 Å². The van der Waals surface area contributed by atoms with Gasteiger partial charge in [0.25, 0.3) is 5.56 Å². The largest absolute Gasteiger partial charge is 0.372 e. The number of nitrogens with zero attached hydrogens (tertiary/aromatic N) is 1. The predicted molar refractivity (Wildman–Crippen MR) is 91.5 cm³/mol. The van der Waals surface area contributed by atoms with Crippen molar-refractivity contribution in [3.63, 3.8) is 0 Å². The molecule has 110 valence electrons. The van der Waals surface area contributed by atoms with Crippen LogP contribution in [0.3, 0.4) is 0 Å². The molecule has 2 heterocycles. The summed E-state index contributed by atoms with van der Waals surface area (Å²) in [6.07, 6.45) is 2.47. The van der Waals surface area contributed by atoms with E-state index in [-0.39, 0.29) is 5.56 Å². The van der Waals surface area contributed by atoms with Crippen LogP contribution in [0, 0.1) is 0 Å². The van der Waals surface area contributed by atoms with Gasteiger partial charge in [0, 0.05) is 29.9 Å². The fourth-order valence-electron chi connectivity index (χ4n) is 3.19. The summed E-state index contributed by atoms with van der Waals surface area (Å²) in [5, 5.41) is 1.76. The molecule has 1 aliphatic rings. The second-order valence-electron chi connectivity index (χ2n) is 5.84. The van der Waals surface area contributed by atoms with Gasteiger partial charge in [0.2, 0.25) is 0 Å². The highest BCUT2D eigenvalue weighted by atomic mass is 16.1. The third-order valence-electron chi connectivity index (χ3n) is 4.39. The summed E-state index contributed by atoms with van der Waals surface area (Å²) in [4.78, 5) is 17.8. The van der Waals surface area contributed by atoms with Crippen LogP contribution in [-0.2, 0) is 0 Å². The van der Waals surface area contributed by atoms with Gasteiger partial charge in [-0.05, 0) is 42.0 Å². The molecule has 0 unspecified atom stereocenters. The van der Waals surface area contributed by atoms with Crippen molar-refractivity contribution in [2.75, 3.05) is 18.0 Å². The minimum Gasteiger partial charge on any atom is -0.372 e. The Morgan fingerprint density at radius 3 is 2.45 bits per heavy atom. The maximum Gasteiger partial charge on any atom is 0.256 e. The lowest BCUT2D eigenvalue weighted by atomic mass is 10.1. The van der Waals surface area contributed by atoms with Crippen LogP contribution < -0.4 is 10.5 Å². The molecular formula is C19H18N2O. The lowest BCUT2D eigenvalue weighted by molar-refractivity contribution is 0.949. The second kappa shape index (κ2) is 5.34. The van der Waals surface area contributed by atoms with Crippen molar-refractivity contribution in [3.8, 4) is 11.3 Å². The zero-order valence-corrected chi connectivity index (χ0v) is 12.4. The topological polar surface area (TPSA) is 36.1 Å². The van der Waals surface area contributed by atoms with Crippen LogP contribution in [0.1, 0.15) is 12.8 Å². The van der Waals surface area contributed by atoms with E-state index in [4.69, 9.17) is 0 Å². The molecule has 0 radical (unpaired) electrons. The predicted octanol–water partition coefficient (Wildman–Crippen LogP) is 3.80. The monoisotopic (exact) mass is 290 g/mol. The first-order valence-corrected chi connectivity index (χ1v) is 7.79. The van der Waals surface area contributed by atoms with Crippen LogP contribution >= 0.6 is 0 Å². The average molecular weight is 290 g/mol. The average Bonchev–Trinajstić information content (AvgIpc) is 3.10. The van der Waals surface area contributed by atoms with E-state index < -0.39 is 0 Å². The van der Waals surface area contributed by atoms with Crippen LogP contribution in [0.4, 0.5) is 5.69 Å². The number of H-pyrrole nitrogens is 1. The molecule has 3 nitrogen and oxygen atoms in total. The first-order valence-electron chi connectivity index (χ1n) is 7.79. The van der Waals surface area contributed by atoms with Gasteiger partial charge in [0.05, 0.1) is 0 Å². The first kappa shape index (κ1) is 13.1. The number of fused-ring (bicyclic) bond motifs is 1. The van der Waals surface area contributed by atoms with Crippen molar-refractivity contribution >= 4 is 16.5 Å². The van der Waals surface area contributed by atoms with Gasteiger partial charge in [-0.15, -0.1) is 0 Å². The zero-order valence-electron chi connectivity index (χ0n) is 12.4. The summed E-state index contributed by atoms with van der Waals surface area (Å²) in [6, 6.07) is 18.2. The minimum absolute atomic E-state index is 0.0163. The van der Waals surface area contributed by atoms with Gasteiger partial charge in [-0.25, -0.2) is 0 Å². The molecule has 0 atom stereocenters. The van der Waals surface area contributed by atoms with Crippen LogP contribution in [0.5, 0.6) is 0 Å². The molecule has 0 amide bonds. The van der Waals surface area contributed by atoms with Gasteiger partial charge in [-0.2, -0.15) is 0 Å². The Labute approximate surface area is 129 Å². The third kappa shape index (κ3) is 2.29. The normalized spacial score (nSPS) is 14.6. The summed E-state index contributed by atoms with van der Waals surface area (Å²) >= 11 is 0. The van der Waals surface area contributed by atoms with Crippen LogP contribution in [0.15, 0.2) is 59.4 Å². The van der Waals surface area contributed by atoms with Gasteiger partial charge in [0.1, 0.15) is 0 Å². The number of hydrogen-bond acceptors (Lipinski definition) is 2. The Morgan fingerprint density at radius 1 is 0.909 bits per heavy atom. The molecule has 4 rings (SSSR count). The molecule has 2 aromatic carbocycles. The molecule has 0 saturated carbocycles. The Morgan fingerprint density at radius 2 is 1.68 bits per heavy atom. The molecular weight excluding hydrogens is 272 g/mol. The Kier molecular flexibility index (Phi) is 3.19. The van der Waals surface area contributed by atoms with E-state index in [1.807, 2.05) is 36.4 Å². The van der Waals surface area contributed by atoms with Crippen molar-refractivity contribution in [1.82, 2.24) is 4.98 Å². The molecule has 1 saturated heterocycles. The molecule has 1 aromatic heterocycles. The Hall–Kier alpha value is -2.55. The van der Waals surface area contributed by atoms with Crippen molar-refractivity contribution in [2.24, 2.45) is 0 Å². The molecule has 3 aromatic rings. The highest BCUT2D eigenvalue weighted by molar-refractivity contribution is 5.88. The number of pyridine rings is 1. The number of hydrogen-bond donors (Lipinski definition) is 1. The fraction of sp³-hybridized carbons (Fsp3) is 0.211. The van der Waals surface area contributed by atoms with Gasteiger partial charge in [0.15, 0.2) is 0 Å². The fourth-order valence-corrected chi connectivity index (χ4v) is 3.19. The van der Waals surface area contributed by atoms with Crippen LogP contribution in [0.25, 0.3) is 22.0 Å². The Balaban J connectivity index is 1.83. The smallest absolute Gasteiger partial charge is 0.256 e. The number of aromatic nitrogens is 1. The number of aromatic amines is 1. The van der Waals surface area contributed by atoms with E-state index in [1.165, 1.54) is 12.8 Å². The number of anilines is 1. The summed E-state index contributed by atoms with van der Waals surface area (Å²) in [6.45, 7) is 2.18. The second-order valence-corrected chi connectivity index (χ2v) is 5.84. The van der Waals surface area contributed by atoms with Crippen LogP contribution in [-0.4, -0.2) is 18.1 Å². The van der Waals surface area contributed by atoms with Gasteiger partial charge in [-0.3, -0.25) is 4.79 Å². The molecule has 0 bridgehead atoms. The van der Waals surface area contributed by atoms with E-state index in [2.05, 4.69) is 28.1 Å². The summed E-state index contributed by atoms with van der Waals surface area (Å²) in [7, 11) is 0. The lowest BCUT2D eigenvalue weighted by Crippen LogP contribution is -2.18. The standard InChI is InChI=1S/C19H18N2O/c22-19-17-13-16(21-10-4-5-11-21)9-8-15(17)12-18(20-19)14-6-2-1-3-7-14/h1-3,6-9,12-13H,4-5,10-11H2,(H,20,22). The highest BCUT2D eigenvalue weighted by Gasteiger charge is 2.13. The minimum atomic E-state index is -0.0163. The maximum absolute atomic E-state index is 12.5. The van der Waals surface area contributed by atoms with Crippen molar-refractivity contribution in [3.05, 3.63) is 65.0 Å². The molecule has 1 aliphatic heterocycles. The van der Waals surface area contributed by atoms with E-state index in [0.717, 1.165) is 40.8 Å². The summed E-state index contributed by atoms with van der Waals surface area (Å²) in [5.74, 6) is 0. The lowest BCUT2D eigenvalue weighted by Gasteiger charge is -2.18. The maximum atomic E-state index is 12.5. The van der Waals surface area contributed by atoms with E-state index in [9.17, 15) is 4.79 Å². The molecule has 3 heteroatoms. The third-order valence-corrected chi connectivity index (χ3v) is 4.39. The van der Waals surface area contributed by atoms with E-state index in [0.29, 0.717) is 0 Å². The van der Waals surface area contributed by atoms with Crippen LogP contribution in [0.2, 0.25) is 0 Å². The quantitative estimate of drug-likeness (QED) is 0.779. The number of benzene rings is 2. The SMILES string of the molecule is O=c1[nH]c(-c2ccccc2)cc2ccc(N3CCCC3)cc12. The number of nitrogens with one attached hydrogen (secondary N) is 1. The number of rotatable bonds is 2. The summed E-state index contributed by atoms with van der Waals surface area (Å²) < 4.78 is 0. The van der Waals surface area contributed by atoms with Crippen molar-refractivity contribution in [2.45, 2.75) is 12.8 Å². The van der Waals surface area contributed by atoms with Crippen molar-refractivity contribution in [1.29, 1.82) is 0 Å². The highest BCUT2D eigenvalue weighted by Crippen LogP contribution is 2.25. The molecule has 0 aliphatic carbocycles. The van der Waals surface area contributed by atoms with E-state index in [1.54, 1.807) is 0 Å². The Bertz CT molecular complexity index is 861. The van der Waals surface area contributed by atoms with Gasteiger partial charge in [-0.1, -0.05) is 36.4 Å². The summed E-state index contributed by atoms with van der Waals surface area (Å²) in [5.41, 5.74) is 3.04. The molecule has 0 spiro atoms. The first-order chi connectivity index (χ1) is 10.8. The van der Waals surface area contributed by atoms with Gasteiger partial charge < -0.3 is 9.88 Å². The van der Waals surface area contributed by atoms with Crippen molar-refractivity contribution < 1.29 is 0 Å². The zero-order chi connectivity index (χ0) is 14.9.